The maximum atomic E-state index is 6.16. The number of nitrogens with one attached hydrogen (secondary N) is 1. The normalized spacial score (nSPS) is 16.4. The predicted octanol–water partition coefficient (Wildman–Crippen LogP) is 4.99. The molecule has 0 spiro atoms. The van der Waals surface area contributed by atoms with Crippen molar-refractivity contribution in [1.82, 2.24) is 15.2 Å². The Morgan fingerprint density at radius 2 is 1.83 bits per heavy atom. The minimum atomic E-state index is 0.466. The first kappa shape index (κ1) is 17.6. The Hall–Kier alpha value is -3.54. The van der Waals surface area contributed by atoms with Crippen LogP contribution < -0.4 is 15.4 Å². The Labute approximate surface area is 169 Å². The van der Waals surface area contributed by atoms with Crippen LogP contribution in [0.3, 0.4) is 0 Å². The van der Waals surface area contributed by atoms with Crippen LogP contribution in [0, 0.1) is 0 Å². The van der Waals surface area contributed by atoms with Gasteiger partial charge in [0.25, 0.3) is 0 Å². The lowest BCUT2D eigenvalue weighted by Crippen LogP contribution is -2.27. The number of ether oxygens (including phenoxy) is 1. The van der Waals surface area contributed by atoms with Gasteiger partial charge in [-0.25, -0.2) is 4.98 Å². The zero-order valence-electron chi connectivity index (χ0n) is 16.3. The van der Waals surface area contributed by atoms with E-state index in [2.05, 4.69) is 28.1 Å². The summed E-state index contributed by atoms with van der Waals surface area (Å²) in [5.41, 5.74) is 8.89. The molecule has 0 amide bonds. The number of aromatic amines is 1. The Morgan fingerprint density at radius 3 is 2.55 bits per heavy atom. The first-order valence-corrected chi connectivity index (χ1v) is 9.93. The van der Waals surface area contributed by atoms with Crippen LogP contribution in [0.2, 0.25) is 0 Å². The highest BCUT2D eigenvalue weighted by molar-refractivity contribution is 6.01. The van der Waals surface area contributed by atoms with Gasteiger partial charge in [0.2, 0.25) is 0 Å². The monoisotopic (exact) mass is 385 g/mol. The van der Waals surface area contributed by atoms with Gasteiger partial charge in [-0.3, -0.25) is 5.10 Å². The summed E-state index contributed by atoms with van der Waals surface area (Å²) in [4.78, 5) is 7.35. The van der Waals surface area contributed by atoms with E-state index in [1.54, 1.807) is 0 Å². The topological polar surface area (TPSA) is 80.1 Å². The number of aromatic nitrogens is 3. The number of para-hydroxylation sites is 1. The summed E-state index contributed by atoms with van der Waals surface area (Å²) in [5, 5.41) is 8.12. The average Bonchev–Trinajstić information content (AvgIpc) is 3.34. The number of hydrogen-bond donors (Lipinski definition) is 2. The first-order valence-electron chi connectivity index (χ1n) is 9.93. The lowest BCUT2D eigenvalue weighted by molar-refractivity contribution is 0.483. The molecule has 0 bridgehead atoms. The standard InChI is InChI=1S/C23H23N5O/c1-15-6-5-13-28(15)20-14-19-21(23(24)27-26-19)22(25-20)16-9-11-18(12-10-16)29-17-7-3-2-4-8-17/h2-4,7-12,14-15H,5-6,13H2,1H3,(H3,24,26,27). The van der Waals surface area contributed by atoms with Crippen molar-refractivity contribution in [3.05, 3.63) is 60.7 Å². The molecule has 1 atom stereocenters. The number of nitrogen functional groups attached to an aromatic ring is 1. The van der Waals surface area contributed by atoms with E-state index < -0.39 is 0 Å². The van der Waals surface area contributed by atoms with E-state index in [9.17, 15) is 0 Å². The van der Waals surface area contributed by atoms with Crippen molar-refractivity contribution in [2.75, 3.05) is 17.2 Å². The van der Waals surface area contributed by atoms with E-state index in [-0.39, 0.29) is 0 Å². The smallest absolute Gasteiger partial charge is 0.155 e. The van der Waals surface area contributed by atoms with Gasteiger partial charge in [0.1, 0.15) is 17.3 Å². The van der Waals surface area contributed by atoms with Crippen LogP contribution in [0.25, 0.3) is 22.2 Å². The molecule has 6 heteroatoms. The number of H-pyrrole nitrogens is 1. The van der Waals surface area contributed by atoms with E-state index in [1.807, 2.05) is 54.6 Å². The molecular formula is C23H23N5O. The lowest BCUT2D eigenvalue weighted by atomic mass is 10.1. The van der Waals surface area contributed by atoms with Crippen LogP contribution in [0.15, 0.2) is 60.7 Å². The summed E-state index contributed by atoms with van der Waals surface area (Å²) in [7, 11) is 0. The molecule has 2 aromatic carbocycles. The number of hydrogen-bond acceptors (Lipinski definition) is 5. The second-order valence-corrected chi connectivity index (χ2v) is 7.48. The highest BCUT2D eigenvalue weighted by atomic mass is 16.5. The van der Waals surface area contributed by atoms with Gasteiger partial charge < -0.3 is 15.4 Å². The largest absolute Gasteiger partial charge is 0.457 e. The van der Waals surface area contributed by atoms with Gasteiger partial charge in [-0.05, 0) is 56.2 Å². The van der Waals surface area contributed by atoms with Gasteiger partial charge in [-0.2, -0.15) is 5.10 Å². The Kier molecular flexibility index (Phi) is 4.31. The Balaban J connectivity index is 1.54. The van der Waals surface area contributed by atoms with E-state index in [1.165, 1.54) is 12.8 Å². The number of anilines is 2. The van der Waals surface area contributed by atoms with E-state index >= 15 is 0 Å². The highest BCUT2D eigenvalue weighted by Gasteiger charge is 2.24. The second-order valence-electron chi connectivity index (χ2n) is 7.48. The maximum Gasteiger partial charge on any atom is 0.155 e. The maximum absolute atomic E-state index is 6.16. The fourth-order valence-electron chi connectivity index (χ4n) is 3.99. The first-order chi connectivity index (χ1) is 14.2. The molecule has 6 nitrogen and oxygen atoms in total. The van der Waals surface area contributed by atoms with Crippen LogP contribution in [0.5, 0.6) is 11.5 Å². The van der Waals surface area contributed by atoms with Gasteiger partial charge in [-0.1, -0.05) is 18.2 Å². The molecule has 1 saturated heterocycles. The third-order valence-electron chi connectivity index (χ3n) is 5.51. The number of nitrogens with two attached hydrogens (primary N) is 1. The molecule has 146 valence electrons. The van der Waals surface area contributed by atoms with Crippen molar-refractivity contribution in [3.8, 4) is 22.8 Å². The molecule has 4 aromatic rings. The lowest BCUT2D eigenvalue weighted by Gasteiger charge is -2.23. The molecule has 3 N–H and O–H groups in total. The summed E-state index contributed by atoms with van der Waals surface area (Å²) >= 11 is 0. The molecule has 29 heavy (non-hydrogen) atoms. The van der Waals surface area contributed by atoms with Crippen LogP contribution in [0.1, 0.15) is 19.8 Å². The van der Waals surface area contributed by atoms with Crippen molar-refractivity contribution in [2.45, 2.75) is 25.8 Å². The van der Waals surface area contributed by atoms with Gasteiger partial charge in [-0.15, -0.1) is 0 Å². The fraction of sp³-hybridized carbons (Fsp3) is 0.217. The molecule has 1 aliphatic rings. The Morgan fingerprint density at radius 1 is 1.07 bits per heavy atom. The molecule has 1 aliphatic heterocycles. The number of benzene rings is 2. The SMILES string of the molecule is CC1CCCN1c1cc2[nH]nc(N)c2c(-c2ccc(Oc3ccccc3)cc2)n1. The van der Waals surface area contributed by atoms with Crippen LogP contribution >= 0.6 is 0 Å². The minimum Gasteiger partial charge on any atom is -0.457 e. The number of nitrogens with zero attached hydrogens (tertiary/aromatic N) is 3. The van der Waals surface area contributed by atoms with Crippen LogP contribution in [-0.4, -0.2) is 27.8 Å². The van der Waals surface area contributed by atoms with Crippen molar-refractivity contribution in [3.63, 3.8) is 0 Å². The van der Waals surface area contributed by atoms with Gasteiger partial charge in [0, 0.05) is 24.2 Å². The quantitative estimate of drug-likeness (QED) is 0.517. The van der Waals surface area contributed by atoms with Crippen molar-refractivity contribution < 1.29 is 4.74 Å². The molecule has 1 unspecified atom stereocenters. The zero-order valence-corrected chi connectivity index (χ0v) is 16.3. The number of rotatable bonds is 4. The van der Waals surface area contributed by atoms with Crippen LogP contribution in [0.4, 0.5) is 11.6 Å². The second kappa shape index (κ2) is 7.13. The third kappa shape index (κ3) is 3.27. The molecule has 0 radical (unpaired) electrons. The zero-order chi connectivity index (χ0) is 19.8. The van der Waals surface area contributed by atoms with Crippen LogP contribution in [-0.2, 0) is 0 Å². The third-order valence-corrected chi connectivity index (χ3v) is 5.51. The van der Waals surface area contributed by atoms with Crippen molar-refractivity contribution in [1.29, 1.82) is 0 Å². The summed E-state index contributed by atoms with van der Waals surface area (Å²) < 4.78 is 5.91. The van der Waals surface area contributed by atoms with Gasteiger partial charge in [0.05, 0.1) is 16.6 Å². The highest BCUT2D eigenvalue weighted by Crippen LogP contribution is 2.35. The van der Waals surface area contributed by atoms with Gasteiger partial charge in [0.15, 0.2) is 5.82 Å². The van der Waals surface area contributed by atoms with Gasteiger partial charge >= 0.3 is 0 Å². The summed E-state index contributed by atoms with van der Waals surface area (Å²) in [6.45, 7) is 3.27. The molecule has 3 heterocycles. The van der Waals surface area contributed by atoms with Crippen molar-refractivity contribution >= 4 is 22.5 Å². The predicted molar refractivity (Wildman–Crippen MR) is 116 cm³/mol. The molecule has 0 saturated carbocycles. The molecule has 5 rings (SSSR count). The van der Waals surface area contributed by atoms with E-state index in [4.69, 9.17) is 15.5 Å². The summed E-state index contributed by atoms with van der Waals surface area (Å²) in [6.07, 6.45) is 2.37. The molecular weight excluding hydrogens is 362 g/mol. The van der Waals surface area contributed by atoms with Crippen molar-refractivity contribution in [2.24, 2.45) is 0 Å². The Bertz CT molecular complexity index is 1140. The minimum absolute atomic E-state index is 0.466. The number of pyridine rings is 1. The number of fused-ring (bicyclic) bond motifs is 1. The average molecular weight is 385 g/mol. The summed E-state index contributed by atoms with van der Waals surface area (Å²) in [5.74, 6) is 3.02. The molecule has 0 aliphatic carbocycles. The van der Waals surface area contributed by atoms with E-state index in [0.717, 1.165) is 46.0 Å². The molecule has 1 fully saturated rings. The molecule has 2 aromatic heterocycles. The fourth-order valence-corrected chi connectivity index (χ4v) is 3.99. The van der Waals surface area contributed by atoms with E-state index in [0.29, 0.717) is 11.9 Å². The summed E-state index contributed by atoms with van der Waals surface area (Å²) in [6, 6.07) is 20.2.